The molecule has 0 aliphatic carbocycles. The molecule has 0 N–H and O–H groups in total. The zero-order valence-electron chi connectivity index (χ0n) is 9.14. The maximum atomic E-state index is 4.06. The Kier molecular flexibility index (Phi) is 2.81. The molecule has 3 nitrogen and oxygen atoms in total. The van der Waals surface area contributed by atoms with Crippen molar-refractivity contribution in [2.24, 2.45) is 0 Å². The predicted octanol–water partition coefficient (Wildman–Crippen LogP) is 2.48. The first-order valence-electron chi connectivity index (χ1n) is 5.31. The van der Waals surface area contributed by atoms with Crippen molar-refractivity contribution in [3.05, 3.63) is 30.5 Å². The van der Waals surface area contributed by atoms with Gasteiger partial charge in [0.25, 0.3) is 0 Å². The van der Waals surface area contributed by atoms with Crippen molar-refractivity contribution >= 4 is 16.6 Å². The van der Waals surface area contributed by atoms with Gasteiger partial charge < -0.3 is 4.90 Å². The highest BCUT2D eigenvalue weighted by Gasteiger charge is 2.02. The highest BCUT2D eigenvalue weighted by atomic mass is 15.1. The summed E-state index contributed by atoms with van der Waals surface area (Å²) in [7, 11) is 0. The number of nitrogens with zero attached hydrogens (tertiary/aromatic N) is 3. The van der Waals surface area contributed by atoms with Gasteiger partial charge in [-0.05, 0) is 38.1 Å². The van der Waals surface area contributed by atoms with E-state index in [4.69, 9.17) is 0 Å². The fourth-order valence-corrected chi connectivity index (χ4v) is 1.76. The average Bonchev–Trinajstić information content (AvgIpc) is 2.30. The fourth-order valence-electron chi connectivity index (χ4n) is 1.76. The zero-order valence-corrected chi connectivity index (χ0v) is 9.14. The lowest BCUT2D eigenvalue weighted by Gasteiger charge is -2.21. The van der Waals surface area contributed by atoms with Crippen LogP contribution in [0.4, 0.5) is 5.69 Å². The third kappa shape index (κ3) is 1.91. The van der Waals surface area contributed by atoms with Gasteiger partial charge in [0.05, 0.1) is 11.7 Å². The van der Waals surface area contributed by atoms with Crippen LogP contribution in [-0.4, -0.2) is 23.3 Å². The number of hydrogen-bond donors (Lipinski definition) is 0. The van der Waals surface area contributed by atoms with Crippen LogP contribution in [0, 0.1) is 0 Å². The van der Waals surface area contributed by atoms with Crippen molar-refractivity contribution in [3.8, 4) is 0 Å². The highest BCUT2D eigenvalue weighted by Crippen LogP contribution is 2.19. The van der Waals surface area contributed by atoms with Crippen LogP contribution >= 0.6 is 0 Å². The Morgan fingerprint density at radius 2 is 1.93 bits per heavy atom. The topological polar surface area (TPSA) is 29.0 Å². The van der Waals surface area contributed by atoms with Crippen LogP contribution in [0.2, 0.25) is 0 Å². The van der Waals surface area contributed by atoms with Crippen molar-refractivity contribution in [1.82, 2.24) is 10.2 Å². The molecule has 2 rings (SSSR count). The molecule has 0 aliphatic rings. The molecule has 0 radical (unpaired) electrons. The maximum absolute atomic E-state index is 4.06. The molecule has 2 aromatic rings. The van der Waals surface area contributed by atoms with Crippen molar-refractivity contribution < 1.29 is 0 Å². The van der Waals surface area contributed by atoms with Crippen molar-refractivity contribution in [1.29, 1.82) is 0 Å². The van der Waals surface area contributed by atoms with E-state index in [-0.39, 0.29) is 0 Å². The molecule has 0 aliphatic heterocycles. The second-order valence-electron chi connectivity index (χ2n) is 3.45. The third-order valence-electron chi connectivity index (χ3n) is 2.63. The van der Waals surface area contributed by atoms with Crippen LogP contribution in [0.15, 0.2) is 30.5 Å². The lowest BCUT2D eigenvalue weighted by molar-refractivity contribution is 0.867. The van der Waals surface area contributed by atoms with E-state index >= 15 is 0 Å². The monoisotopic (exact) mass is 201 g/mol. The van der Waals surface area contributed by atoms with Gasteiger partial charge in [-0.25, -0.2) is 0 Å². The minimum absolute atomic E-state index is 0.952. The molecule has 0 spiro atoms. The summed E-state index contributed by atoms with van der Waals surface area (Å²) in [4.78, 5) is 2.32. The molecule has 1 heterocycles. The molecule has 3 heteroatoms. The summed E-state index contributed by atoms with van der Waals surface area (Å²) in [5, 5.41) is 9.08. The first-order valence-corrected chi connectivity index (χ1v) is 5.31. The minimum Gasteiger partial charge on any atom is -0.372 e. The average molecular weight is 201 g/mol. The van der Waals surface area contributed by atoms with E-state index in [1.165, 1.54) is 5.69 Å². The Bertz CT molecular complexity index is 449. The maximum Gasteiger partial charge on any atom is 0.0931 e. The number of aromatic nitrogens is 2. The van der Waals surface area contributed by atoms with Gasteiger partial charge in [-0.15, -0.1) is 0 Å². The molecule has 0 unspecified atom stereocenters. The van der Waals surface area contributed by atoms with Gasteiger partial charge in [0, 0.05) is 24.2 Å². The minimum atomic E-state index is 0.952. The Hall–Kier alpha value is -1.64. The Morgan fingerprint density at radius 3 is 2.67 bits per heavy atom. The standard InChI is InChI=1S/C12H15N3/c1-3-15(4-2)11-5-6-12-10(9-11)7-8-13-14-12/h5-9H,3-4H2,1-2H3. The molecule has 0 saturated carbocycles. The van der Waals surface area contributed by atoms with Crippen LogP contribution in [0.1, 0.15) is 13.8 Å². The van der Waals surface area contributed by atoms with Gasteiger partial charge in [-0.1, -0.05) is 0 Å². The van der Waals surface area contributed by atoms with Crippen molar-refractivity contribution in [2.45, 2.75) is 13.8 Å². The van der Waals surface area contributed by atoms with Gasteiger partial charge in [-0.3, -0.25) is 0 Å². The van der Waals surface area contributed by atoms with E-state index in [0.717, 1.165) is 24.0 Å². The SMILES string of the molecule is CCN(CC)c1ccc2nnccc2c1. The van der Waals surface area contributed by atoms with E-state index in [9.17, 15) is 0 Å². The molecule has 0 amide bonds. The zero-order chi connectivity index (χ0) is 10.7. The number of fused-ring (bicyclic) bond motifs is 1. The molecule has 1 aromatic carbocycles. The van der Waals surface area contributed by atoms with E-state index < -0.39 is 0 Å². The van der Waals surface area contributed by atoms with Crippen LogP contribution in [0.3, 0.4) is 0 Å². The first-order chi connectivity index (χ1) is 7.35. The van der Waals surface area contributed by atoms with Crippen LogP contribution in [-0.2, 0) is 0 Å². The molecule has 0 saturated heterocycles. The van der Waals surface area contributed by atoms with Gasteiger partial charge in [0.1, 0.15) is 0 Å². The van der Waals surface area contributed by atoms with Crippen molar-refractivity contribution in [2.75, 3.05) is 18.0 Å². The molecule has 15 heavy (non-hydrogen) atoms. The summed E-state index contributed by atoms with van der Waals surface area (Å²) in [6.45, 7) is 6.39. The number of benzene rings is 1. The van der Waals surface area contributed by atoms with Gasteiger partial charge in [0.15, 0.2) is 0 Å². The lowest BCUT2D eigenvalue weighted by Crippen LogP contribution is -2.21. The lowest BCUT2D eigenvalue weighted by atomic mass is 10.2. The second kappa shape index (κ2) is 4.26. The number of anilines is 1. The quantitative estimate of drug-likeness (QED) is 0.764. The van der Waals surface area contributed by atoms with E-state index in [0.29, 0.717) is 0 Å². The number of hydrogen-bond acceptors (Lipinski definition) is 3. The second-order valence-corrected chi connectivity index (χ2v) is 3.45. The first kappa shape index (κ1) is 9.90. The molecule has 0 atom stereocenters. The van der Waals surface area contributed by atoms with Gasteiger partial charge in [0.2, 0.25) is 0 Å². The fraction of sp³-hybridized carbons (Fsp3) is 0.333. The van der Waals surface area contributed by atoms with Crippen LogP contribution in [0.25, 0.3) is 10.9 Å². The summed E-state index contributed by atoms with van der Waals surface area (Å²) in [6, 6.07) is 8.28. The molecular formula is C12H15N3. The van der Waals surface area contributed by atoms with Gasteiger partial charge >= 0.3 is 0 Å². The summed E-state index contributed by atoms with van der Waals surface area (Å²) in [5.41, 5.74) is 2.20. The smallest absolute Gasteiger partial charge is 0.0931 e. The van der Waals surface area contributed by atoms with E-state index in [1.54, 1.807) is 6.20 Å². The largest absolute Gasteiger partial charge is 0.372 e. The van der Waals surface area contributed by atoms with Crippen LogP contribution in [0.5, 0.6) is 0 Å². The third-order valence-corrected chi connectivity index (χ3v) is 2.63. The predicted molar refractivity (Wildman–Crippen MR) is 63.1 cm³/mol. The normalized spacial score (nSPS) is 10.5. The highest BCUT2D eigenvalue weighted by molar-refractivity contribution is 5.81. The Morgan fingerprint density at radius 1 is 1.13 bits per heavy atom. The Balaban J connectivity index is 2.46. The molecule has 0 bridgehead atoms. The summed E-state index contributed by atoms with van der Waals surface area (Å²) in [5.74, 6) is 0. The van der Waals surface area contributed by atoms with Crippen LogP contribution < -0.4 is 4.90 Å². The molecule has 1 aromatic heterocycles. The molecule has 0 fully saturated rings. The number of rotatable bonds is 3. The molecule has 78 valence electrons. The Labute approximate surface area is 89.7 Å². The van der Waals surface area contributed by atoms with Gasteiger partial charge in [-0.2, -0.15) is 10.2 Å². The summed E-state index contributed by atoms with van der Waals surface area (Å²) in [6.07, 6.45) is 1.73. The summed E-state index contributed by atoms with van der Waals surface area (Å²) >= 11 is 0. The van der Waals surface area contributed by atoms with E-state index in [1.807, 2.05) is 12.1 Å². The summed E-state index contributed by atoms with van der Waals surface area (Å²) < 4.78 is 0. The molecular weight excluding hydrogens is 186 g/mol. The van der Waals surface area contributed by atoms with E-state index in [2.05, 4.69) is 41.1 Å². The van der Waals surface area contributed by atoms with Crippen molar-refractivity contribution in [3.63, 3.8) is 0 Å².